The lowest BCUT2D eigenvalue weighted by Gasteiger charge is -2.39. The van der Waals surface area contributed by atoms with Crippen LogP contribution in [0.5, 0.6) is 11.5 Å². The highest BCUT2D eigenvalue weighted by molar-refractivity contribution is 7.88. The van der Waals surface area contributed by atoms with E-state index in [1.165, 1.54) is 10.6 Å². The number of anilines is 1. The number of sulfonamides is 1. The molecule has 0 saturated carbocycles. The minimum Gasteiger partial charge on any atom is -0.457 e. The standard InChI is InChI=1S/C28H39N3O6S/c1-5-36-16-15-30(22-32)28-18-27(37-26-9-7-6-8-10-26)12-11-24(28)17-23(2)19-29-13-14-31(38(4,33)34)25(20-29)21-35-3/h6-12,17-18,22,25H,5,13-16,19-21H2,1-4H3/b23-17+. The lowest BCUT2D eigenvalue weighted by molar-refractivity contribution is -0.107. The fourth-order valence-electron chi connectivity index (χ4n) is 4.59. The summed E-state index contributed by atoms with van der Waals surface area (Å²) in [5.41, 5.74) is 2.70. The zero-order chi connectivity index (χ0) is 27.5. The second kappa shape index (κ2) is 14.4. The summed E-state index contributed by atoms with van der Waals surface area (Å²) >= 11 is 0. The minimum absolute atomic E-state index is 0.231. The van der Waals surface area contributed by atoms with Crippen molar-refractivity contribution in [2.45, 2.75) is 19.9 Å². The maximum atomic E-state index is 12.2. The number of hydrogen-bond acceptors (Lipinski definition) is 7. The van der Waals surface area contributed by atoms with Gasteiger partial charge < -0.3 is 19.1 Å². The summed E-state index contributed by atoms with van der Waals surface area (Å²) in [5.74, 6) is 1.34. The van der Waals surface area contributed by atoms with Crippen molar-refractivity contribution in [1.29, 1.82) is 0 Å². The van der Waals surface area contributed by atoms with Crippen LogP contribution in [-0.4, -0.2) is 96.0 Å². The molecule has 38 heavy (non-hydrogen) atoms. The van der Waals surface area contributed by atoms with Crippen LogP contribution in [0.25, 0.3) is 6.08 Å². The molecule has 2 aromatic rings. The van der Waals surface area contributed by atoms with Gasteiger partial charge in [0.25, 0.3) is 0 Å². The number of hydrogen-bond donors (Lipinski definition) is 0. The summed E-state index contributed by atoms with van der Waals surface area (Å²) in [4.78, 5) is 15.9. The molecule has 1 aliphatic rings. The van der Waals surface area contributed by atoms with Gasteiger partial charge in [0, 0.05) is 52.5 Å². The van der Waals surface area contributed by atoms with Crippen molar-refractivity contribution in [2.75, 3.05) is 70.8 Å². The molecule has 1 unspecified atom stereocenters. The molecule has 1 aliphatic heterocycles. The maximum Gasteiger partial charge on any atom is 0.214 e. The molecule has 10 heteroatoms. The first-order chi connectivity index (χ1) is 18.2. The predicted molar refractivity (Wildman–Crippen MR) is 150 cm³/mol. The molecule has 0 spiro atoms. The molecule has 1 saturated heterocycles. The molecule has 1 amide bonds. The van der Waals surface area contributed by atoms with Crippen LogP contribution >= 0.6 is 0 Å². The molecule has 3 rings (SSSR count). The van der Waals surface area contributed by atoms with Gasteiger partial charge in [0.1, 0.15) is 11.5 Å². The van der Waals surface area contributed by atoms with E-state index in [1.54, 1.807) is 12.0 Å². The summed E-state index contributed by atoms with van der Waals surface area (Å²) < 4.78 is 42.7. The fourth-order valence-corrected chi connectivity index (χ4v) is 5.68. The Morgan fingerprint density at radius 3 is 2.55 bits per heavy atom. The van der Waals surface area contributed by atoms with Crippen molar-refractivity contribution in [1.82, 2.24) is 9.21 Å². The van der Waals surface area contributed by atoms with Crippen molar-refractivity contribution in [3.05, 3.63) is 59.7 Å². The van der Waals surface area contributed by atoms with Crippen molar-refractivity contribution in [3.63, 3.8) is 0 Å². The first kappa shape index (κ1) is 29.8. The Hall–Kier alpha value is -2.76. The Morgan fingerprint density at radius 1 is 1.13 bits per heavy atom. The van der Waals surface area contributed by atoms with E-state index in [0.717, 1.165) is 23.2 Å². The Kier molecular flexibility index (Phi) is 11.3. The zero-order valence-corrected chi connectivity index (χ0v) is 23.5. The van der Waals surface area contributed by atoms with Crippen LogP contribution in [0.4, 0.5) is 5.69 Å². The van der Waals surface area contributed by atoms with Gasteiger partial charge >= 0.3 is 0 Å². The Morgan fingerprint density at radius 2 is 1.89 bits per heavy atom. The number of ether oxygens (including phenoxy) is 3. The van der Waals surface area contributed by atoms with E-state index >= 15 is 0 Å². The van der Waals surface area contributed by atoms with E-state index in [4.69, 9.17) is 14.2 Å². The Bertz CT molecular complexity index is 1170. The number of carbonyl (C=O) groups is 1. The van der Waals surface area contributed by atoms with Gasteiger partial charge in [-0.1, -0.05) is 29.8 Å². The number of methoxy groups -OCH3 is 1. The van der Waals surface area contributed by atoms with Crippen molar-refractivity contribution < 1.29 is 27.4 Å². The largest absolute Gasteiger partial charge is 0.457 e. The summed E-state index contributed by atoms with van der Waals surface area (Å²) in [6.07, 6.45) is 4.12. The van der Waals surface area contributed by atoms with Crippen LogP contribution in [0.1, 0.15) is 19.4 Å². The number of rotatable bonds is 14. The van der Waals surface area contributed by atoms with Crippen LogP contribution < -0.4 is 9.64 Å². The lowest BCUT2D eigenvalue weighted by Crippen LogP contribution is -2.56. The normalized spacial score (nSPS) is 17.4. The molecule has 1 heterocycles. The first-order valence-corrected chi connectivity index (χ1v) is 14.6. The predicted octanol–water partition coefficient (Wildman–Crippen LogP) is 3.47. The molecular weight excluding hydrogens is 506 g/mol. The molecule has 0 N–H and O–H groups in total. The fraction of sp³-hybridized carbons (Fsp3) is 0.464. The Balaban J connectivity index is 1.82. The smallest absolute Gasteiger partial charge is 0.214 e. The SMILES string of the molecule is CCOCCN(C=O)c1cc(Oc2ccccc2)ccc1/C=C(\C)CN1CCN(S(C)(=O)=O)C(COC)C1. The van der Waals surface area contributed by atoms with Gasteiger partial charge in [-0.2, -0.15) is 4.31 Å². The van der Waals surface area contributed by atoms with E-state index in [0.29, 0.717) is 64.0 Å². The quantitative estimate of drug-likeness (QED) is 0.265. The number of piperazine rings is 1. The molecule has 1 atom stereocenters. The van der Waals surface area contributed by atoms with E-state index in [2.05, 4.69) is 11.0 Å². The molecular formula is C28H39N3O6S. The number of para-hydroxylation sites is 1. The molecule has 0 aliphatic carbocycles. The van der Waals surface area contributed by atoms with Crippen LogP contribution in [-0.2, 0) is 24.3 Å². The van der Waals surface area contributed by atoms with Gasteiger partial charge in [0.2, 0.25) is 16.4 Å². The lowest BCUT2D eigenvalue weighted by atomic mass is 10.1. The van der Waals surface area contributed by atoms with Crippen LogP contribution in [0.3, 0.4) is 0 Å². The minimum atomic E-state index is -3.30. The van der Waals surface area contributed by atoms with Crippen LogP contribution in [0.2, 0.25) is 0 Å². The average Bonchev–Trinajstić information content (AvgIpc) is 2.88. The summed E-state index contributed by atoms with van der Waals surface area (Å²) in [6, 6.07) is 15.0. The van der Waals surface area contributed by atoms with Gasteiger partial charge in [-0.25, -0.2) is 8.42 Å². The van der Waals surface area contributed by atoms with E-state index < -0.39 is 10.0 Å². The molecule has 0 radical (unpaired) electrons. The van der Waals surface area contributed by atoms with Crippen molar-refractivity contribution in [2.24, 2.45) is 0 Å². The van der Waals surface area contributed by atoms with Crippen molar-refractivity contribution in [3.8, 4) is 11.5 Å². The second-order valence-electron chi connectivity index (χ2n) is 9.34. The molecule has 0 bridgehead atoms. The highest BCUT2D eigenvalue weighted by atomic mass is 32.2. The highest BCUT2D eigenvalue weighted by Gasteiger charge is 2.32. The summed E-state index contributed by atoms with van der Waals surface area (Å²) in [5, 5.41) is 0. The first-order valence-electron chi connectivity index (χ1n) is 12.8. The second-order valence-corrected chi connectivity index (χ2v) is 11.3. The van der Waals surface area contributed by atoms with E-state index in [-0.39, 0.29) is 6.04 Å². The Labute approximate surface area is 226 Å². The molecule has 9 nitrogen and oxygen atoms in total. The molecule has 0 aromatic heterocycles. The summed E-state index contributed by atoms with van der Waals surface area (Å²) in [6.45, 7) is 8.01. The van der Waals surface area contributed by atoms with Gasteiger partial charge in [-0.05, 0) is 43.7 Å². The number of benzene rings is 2. The third-order valence-corrected chi connectivity index (χ3v) is 7.60. The molecule has 208 valence electrons. The van der Waals surface area contributed by atoms with Crippen molar-refractivity contribution >= 4 is 28.2 Å². The zero-order valence-electron chi connectivity index (χ0n) is 22.7. The van der Waals surface area contributed by atoms with Gasteiger partial charge in [0.15, 0.2) is 0 Å². The number of carbonyl (C=O) groups excluding carboxylic acids is 1. The number of amides is 1. The molecule has 1 fully saturated rings. The van der Waals surface area contributed by atoms with Gasteiger partial charge in [0.05, 0.1) is 31.2 Å². The summed E-state index contributed by atoms with van der Waals surface area (Å²) in [7, 11) is -1.72. The third-order valence-electron chi connectivity index (χ3n) is 6.27. The third kappa shape index (κ3) is 8.64. The molecule has 2 aromatic carbocycles. The topological polar surface area (TPSA) is 88.6 Å². The van der Waals surface area contributed by atoms with Crippen LogP contribution in [0.15, 0.2) is 54.1 Å². The maximum absolute atomic E-state index is 12.2. The highest BCUT2D eigenvalue weighted by Crippen LogP contribution is 2.30. The monoisotopic (exact) mass is 545 g/mol. The van der Waals surface area contributed by atoms with E-state index in [1.807, 2.05) is 62.4 Å². The van der Waals surface area contributed by atoms with Crippen LogP contribution in [0, 0.1) is 0 Å². The van der Waals surface area contributed by atoms with Gasteiger partial charge in [-0.15, -0.1) is 0 Å². The van der Waals surface area contributed by atoms with E-state index in [9.17, 15) is 13.2 Å². The average molecular weight is 546 g/mol. The van der Waals surface area contributed by atoms with Gasteiger partial charge in [-0.3, -0.25) is 9.69 Å². The number of nitrogens with zero attached hydrogens (tertiary/aromatic N) is 3.